The summed E-state index contributed by atoms with van der Waals surface area (Å²) in [5.41, 5.74) is 5.38. The van der Waals surface area contributed by atoms with E-state index in [9.17, 15) is 17.6 Å². The SMILES string of the molecule is N#Cc1cc(-c2ccc(C(F)(F)F)cc2)c(N)cc1F. The first-order valence-corrected chi connectivity index (χ1v) is 5.49. The van der Waals surface area contributed by atoms with E-state index in [4.69, 9.17) is 11.0 Å². The minimum Gasteiger partial charge on any atom is -0.398 e. The number of nitrogens with two attached hydrogens (primary N) is 1. The van der Waals surface area contributed by atoms with Crippen LogP contribution in [0.2, 0.25) is 0 Å². The minimum atomic E-state index is -4.43. The Labute approximate surface area is 112 Å². The lowest BCUT2D eigenvalue weighted by atomic mass is 10.00. The van der Waals surface area contributed by atoms with Gasteiger partial charge in [0.05, 0.1) is 11.1 Å². The first-order chi connectivity index (χ1) is 9.32. The van der Waals surface area contributed by atoms with E-state index in [-0.39, 0.29) is 11.3 Å². The highest BCUT2D eigenvalue weighted by Gasteiger charge is 2.30. The molecule has 2 aromatic carbocycles. The molecule has 2 nitrogen and oxygen atoms in total. The summed E-state index contributed by atoms with van der Waals surface area (Å²) in [6, 6.07) is 8.12. The van der Waals surface area contributed by atoms with Crippen LogP contribution in [0.15, 0.2) is 36.4 Å². The molecule has 0 radical (unpaired) electrons. The number of rotatable bonds is 1. The molecule has 0 atom stereocenters. The minimum absolute atomic E-state index is 0.0567. The monoisotopic (exact) mass is 280 g/mol. The van der Waals surface area contributed by atoms with Gasteiger partial charge in [-0.3, -0.25) is 0 Å². The van der Waals surface area contributed by atoms with Gasteiger partial charge in [0.25, 0.3) is 0 Å². The Kier molecular flexibility index (Phi) is 3.36. The molecular weight excluding hydrogens is 272 g/mol. The Balaban J connectivity index is 2.50. The van der Waals surface area contributed by atoms with Gasteiger partial charge in [0.2, 0.25) is 0 Å². The first-order valence-electron chi connectivity index (χ1n) is 5.49. The topological polar surface area (TPSA) is 49.8 Å². The van der Waals surface area contributed by atoms with Crippen LogP contribution < -0.4 is 5.73 Å². The highest BCUT2D eigenvalue weighted by Crippen LogP contribution is 2.33. The Morgan fingerprint density at radius 2 is 1.65 bits per heavy atom. The summed E-state index contributed by atoms with van der Waals surface area (Å²) in [7, 11) is 0. The number of hydrogen-bond acceptors (Lipinski definition) is 2. The molecule has 0 aliphatic heterocycles. The van der Waals surface area contributed by atoms with Crippen molar-refractivity contribution >= 4 is 5.69 Å². The van der Waals surface area contributed by atoms with Gasteiger partial charge < -0.3 is 5.73 Å². The maximum absolute atomic E-state index is 13.3. The highest BCUT2D eigenvalue weighted by atomic mass is 19.4. The number of benzene rings is 2. The van der Waals surface area contributed by atoms with Gasteiger partial charge in [0, 0.05) is 11.3 Å². The van der Waals surface area contributed by atoms with Gasteiger partial charge in [-0.25, -0.2) is 4.39 Å². The first kappa shape index (κ1) is 13.9. The van der Waals surface area contributed by atoms with Gasteiger partial charge in [-0.1, -0.05) is 12.1 Å². The second kappa shape index (κ2) is 4.85. The highest BCUT2D eigenvalue weighted by molar-refractivity contribution is 5.77. The molecule has 0 saturated heterocycles. The van der Waals surface area contributed by atoms with Gasteiger partial charge >= 0.3 is 6.18 Å². The molecule has 0 heterocycles. The number of hydrogen-bond donors (Lipinski definition) is 1. The van der Waals surface area contributed by atoms with Crippen molar-refractivity contribution in [1.29, 1.82) is 5.26 Å². The molecule has 2 N–H and O–H groups in total. The lowest BCUT2D eigenvalue weighted by Gasteiger charge is -2.10. The standard InChI is InChI=1S/C14H8F4N2/c15-12-6-13(20)11(5-9(12)7-19)8-1-3-10(4-2-8)14(16,17)18/h1-6H,20H2. The Bertz CT molecular complexity index is 682. The number of nitrogens with zero attached hydrogens (tertiary/aromatic N) is 1. The van der Waals surface area contributed by atoms with Crippen LogP contribution in [0.25, 0.3) is 11.1 Å². The molecule has 102 valence electrons. The molecule has 2 rings (SSSR count). The third-order valence-corrected chi connectivity index (χ3v) is 2.78. The van der Waals surface area contributed by atoms with Crippen LogP contribution in [-0.4, -0.2) is 0 Å². The molecule has 2 aromatic rings. The van der Waals surface area contributed by atoms with Crippen molar-refractivity contribution < 1.29 is 17.6 Å². The van der Waals surface area contributed by atoms with Crippen LogP contribution in [0.4, 0.5) is 23.2 Å². The number of anilines is 1. The lowest BCUT2D eigenvalue weighted by molar-refractivity contribution is -0.137. The molecule has 0 unspecified atom stereocenters. The predicted octanol–water partition coefficient (Wildman–Crippen LogP) is 3.97. The average Bonchev–Trinajstić information content (AvgIpc) is 2.38. The fourth-order valence-electron chi connectivity index (χ4n) is 1.76. The maximum Gasteiger partial charge on any atom is 0.416 e. The van der Waals surface area contributed by atoms with E-state index in [0.717, 1.165) is 18.2 Å². The van der Waals surface area contributed by atoms with Crippen molar-refractivity contribution in [2.45, 2.75) is 6.18 Å². The van der Waals surface area contributed by atoms with Gasteiger partial charge in [-0.05, 0) is 29.8 Å². The van der Waals surface area contributed by atoms with Crippen LogP contribution in [0, 0.1) is 17.1 Å². The molecule has 0 aliphatic carbocycles. The van der Waals surface area contributed by atoms with Gasteiger partial charge in [-0.15, -0.1) is 0 Å². The Morgan fingerprint density at radius 1 is 1.05 bits per heavy atom. The quantitative estimate of drug-likeness (QED) is 0.634. The summed E-state index contributed by atoms with van der Waals surface area (Å²) in [6.07, 6.45) is -4.43. The van der Waals surface area contributed by atoms with Crippen molar-refractivity contribution in [2.24, 2.45) is 0 Å². The van der Waals surface area contributed by atoms with Crippen LogP contribution in [0.3, 0.4) is 0 Å². The van der Waals surface area contributed by atoms with E-state index in [0.29, 0.717) is 11.1 Å². The zero-order chi connectivity index (χ0) is 14.9. The summed E-state index contributed by atoms with van der Waals surface area (Å²) in [6.45, 7) is 0. The van der Waals surface area contributed by atoms with E-state index in [1.807, 2.05) is 0 Å². The normalized spacial score (nSPS) is 11.2. The number of halogens is 4. The smallest absolute Gasteiger partial charge is 0.398 e. The maximum atomic E-state index is 13.3. The lowest BCUT2D eigenvalue weighted by Crippen LogP contribution is -2.04. The molecule has 0 bridgehead atoms. The third kappa shape index (κ3) is 2.57. The summed E-state index contributed by atoms with van der Waals surface area (Å²) < 4.78 is 50.7. The molecule has 0 spiro atoms. The molecule has 0 aromatic heterocycles. The zero-order valence-corrected chi connectivity index (χ0v) is 10.0. The number of nitriles is 1. The second-order valence-electron chi connectivity index (χ2n) is 4.11. The van der Waals surface area contributed by atoms with E-state index in [1.165, 1.54) is 18.2 Å². The van der Waals surface area contributed by atoms with Crippen LogP contribution in [0.1, 0.15) is 11.1 Å². The molecule has 0 fully saturated rings. The van der Waals surface area contributed by atoms with Crippen molar-refractivity contribution in [1.82, 2.24) is 0 Å². The average molecular weight is 280 g/mol. The van der Waals surface area contributed by atoms with Gasteiger partial charge in [-0.2, -0.15) is 18.4 Å². The summed E-state index contributed by atoms with van der Waals surface area (Å²) in [4.78, 5) is 0. The fourth-order valence-corrected chi connectivity index (χ4v) is 1.76. The molecule has 0 aliphatic rings. The van der Waals surface area contributed by atoms with E-state index >= 15 is 0 Å². The van der Waals surface area contributed by atoms with E-state index < -0.39 is 17.6 Å². The summed E-state index contributed by atoms with van der Waals surface area (Å²) in [5.74, 6) is -0.763. The molecule has 0 saturated carbocycles. The molecule has 20 heavy (non-hydrogen) atoms. The van der Waals surface area contributed by atoms with Crippen LogP contribution >= 0.6 is 0 Å². The van der Waals surface area contributed by atoms with Gasteiger partial charge in [0.1, 0.15) is 11.9 Å². The molecular formula is C14H8F4N2. The van der Waals surface area contributed by atoms with Crippen LogP contribution in [0.5, 0.6) is 0 Å². The second-order valence-corrected chi connectivity index (χ2v) is 4.11. The van der Waals surface area contributed by atoms with E-state index in [2.05, 4.69) is 0 Å². The predicted molar refractivity (Wildman–Crippen MR) is 66.0 cm³/mol. The van der Waals surface area contributed by atoms with Gasteiger partial charge in [0.15, 0.2) is 0 Å². The Morgan fingerprint density at radius 3 is 2.15 bits per heavy atom. The number of alkyl halides is 3. The third-order valence-electron chi connectivity index (χ3n) is 2.78. The van der Waals surface area contributed by atoms with Crippen molar-refractivity contribution in [2.75, 3.05) is 5.73 Å². The Hall–Kier alpha value is -2.55. The largest absolute Gasteiger partial charge is 0.416 e. The van der Waals surface area contributed by atoms with Crippen molar-refractivity contribution in [3.8, 4) is 17.2 Å². The zero-order valence-electron chi connectivity index (χ0n) is 10.0. The molecule has 0 amide bonds. The summed E-state index contributed by atoms with van der Waals surface area (Å²) >= 11 is 0. The van der Waals surface area contributed by atoms with Crippen LogP contribution in [-0.2, 0) is 6.18 Å². The van der Waals surface area contributed by atoms with Crippen molar-refractivity contribution in [3.63, 3.8) is 0 Å². The molecule has 6 heteroatoms. The number of nitrogen functional groups attached to an aromatic ring is 1. The fraction of sp³-hybridized carbons (Fsp3) is 0.0714. The summed E-state index contributed by atoms with van der Waals surface area (Å²) in [5, 5.41) is 8.75. The van der Waals surface area contributed by atoms with Crippen molar-refractivity contribution in [3.05, 3.63) is 53.3 Å². The van der Waals surface area contributed by atoms with E-state index in [1.54, 1.807) is 6.07 Å².